The van der Waals surface area contributed by atoms with Crippen molar-refractivity contribution in [2.45, 2.75) is 6.42 Å². The Morgan fingerprint density at radius 3 is 2.76 bits per heavy atom. The van der Waals surface area contributed by atoms with Gasteiger partial charge in [-0.25, -0.2) is 9.37 Å². The maximum atomic E-state index is 14.2. The Morgan fingerprint density at radius 2 is 2.00 bits per heavy atom. The molecule has 3 rings (SSSR count). The molecule has 0 aliphatic rings. The van der Waals surface area contributed by atoms with Gasteiger partial charge in [0.25, 0.3) is 0 Å². The van der Waals surface area contributed by atoms with Crippen LogP contribution in [0.3, 0.4) is 0 Å². The molecular weight excluding hydrogens is 378 g/mol. The molecule has 0 atom stereocenters. The highest BCUT2D eigenvalue weighted by Gasteiger charge is 2.15. The standard InChI is InChI=1S/C15H10BrCl2FN2/c16-9-1-4-12-14(7-9)21(15(20-12)5-6-17)13-8-10(18)2-3-11(13)19/h1-4,7-8H,5-6H2. The van der Waals surface area contributed by atoms with Gasteiger partial charge in [0.1, 0.15) is 11.6 Å². The molecule has 108 valence electrons. The van der Waals surface area contributed by atoms with Gasteiger partial charge in [-0.2, -0.15) is 0 Å². The van der Waals surface area contributed by atoms with Crippen molar-refractivity contribution in [3.63, 3.8) is 0 Å². The molecule has 0 fully saturated rings. The number of rotatable bonds is 3. The van der Waals surface area contributed by atoms with Crippen molar-refractivity contribution < 1.29 is 4.39 Å². The molecule has 2 nitrogen and oxygen atoms in total. The minimum atomic E-state index is -0.352. The third kappa shape index (κ3) is 2.80. The summed E-state index contributed by atoms with van der Waals surface area (Å²) >= 11 is 15.3. The lowest BCUT2D eigenvalue weighted by Crippen LogP contribution is -2.04. The van der Waals surface area contributed by atoms with E-state index in [1.165, 1.54) is 12.1 Å². The highest BCUT2D eigenvalue weighted by Crippen LogP contribution is 2.28. The average Bonchev–Trinajstić information content (AvgIpc) is 2.79. The molecule has 0 amide bonds. The van der Waals surface area contributed by atoms with Crippen LogP contribution in [0.2, 0.25) is 5.02 Å². The smallest absolute Gasteiger partial charge is 0.147 e. The fraction of sp³-hybridized carbons (Fsp3) is 0.133. The molecule has 1 heterocycles. The lowest BCUT2D eigenvalue weighted by atomic mass is 10.2. The summed E-state index contributed by atoms with van der Waals surface area (Å²) in [4.78, 5) is 4.54. The number of halogens is 4. The van der Waals surface area contributed by atoms with E-state index in [1.54, 1.807) is 10.6 Å². The lowest BCUT2D eigenvalue weighted by Gasteiger charge is -2.10. The van der Waals surface area contributed by atoms with Crippen LogP contribution in [0.4, 0.5) is 4.39 Å². The predicted molar refractivity (Wildman–Crippen MR) is 88.2 cm³/mol. The van der Waals surface area contributed by atoms with Gasteiger partial charge in [-0.15, -0.1) is 11.6 Å². The molecule has 0 bridgehead atoms. The summed E-state index contributed by atoms with van der Waals surface area (Å²) in [5.74, 6) is 0.765. The zero-order chi connectivity index (χ0) is 15.0. The number of aryl methyl sites for hydroxylation is 1. The summed E-state index contributed by atoms with van der Waals surface area (Å²) in [6.45, 7) is 0. The van der Waals surface area contributed by atoms with Crippen LogP contribution in [0.25, 0.3) is 16.7 Å². The third-order valence-electron chi connectivity index (χ3n) is 3.15. The van der Waals surface area contributed by atoms with Gasteiger partial charge < -0.3 is 0 Å². The van der Waals surface area contributed by atoms with Crippen LogP contribution in [-0.2, 0) is 6.42 Å². The largest absolute Gasteiger partial charge is 0.293 e. The van der Waals surface area contributed by atoms with E-state index in [-0.39, 0.29) is 5.82 Å². The second-order valence-corrected chi connectivity index (χ2v) is 6.26. The molecule has 0 unspecified atom stereocenters. The van der Waals surface area contributed by atoms with E-state index < -0.39 is 0 Å². The molecule has 0 aliphatic heterocycles. The minimum absolute atomic E-state index is 0.352. The number of fused-ring (bicyclic) bond motifs is 1. The summed E-state index contributed by atoms with van der Waals surface area (Å²) in [5.41, 5.74) is 1.98. The first-order valence-corrected chi connectivity index (χ1v) is 7.99. The zero-order valence-corrected chi connectivity index (χ0v) is 13.9. The van der Waals surface area contributed by atoms with Gasteiger partial charge in [-0.1, -0.05) is 27.5 Å². The second-order valence-electron chi connectivity index (χ2n) is 4.53. The van der Waals surface area contributed by atoms with Crippen molar-refractivity contribution in [2.75, 3.05) is 5.88 Å². The van der Waals surface area contributed by atoms with Crippen LogP contribution in [-0.4, -0.2) is 15.4 Å². The molecule has 0 saturated carbocycles. The van der Waals surface area contributed by atoms with Crippen LogP contribution < -0.4 is 0 Å². The Bertz CT molecular complexity index is 817. The Balaban J connectivity index is 2.35. The fourth-order valence-corrected chi connectivity index (χ4v) is 2.96. The van der Waals surface area contributed by atoms with Gasteiger partial charge in [0.05, 0.1) is 16.7 Å². The van der Waals surface area contributed by atoms with Gasteiger partial charge in [-0.3, -0.25) is 4.57 Å². The van der Waals surface area contributed by atoms with Gasteiger partial charge in [0.15, 0.2) is 0 Å². The van der Waals surface area contributed by atoms with Crippen LogP contribution in [0, 0.1) is 5.82 Å². The highest BCUT2D eigenvalue weighted by molar-refractivity contribution is 9.10. The zero-order valence-electron chi connectivity index (χ0n) is 10.8. The van der Waals surface area contributed by atoms with Crippen LogP contribution in [0.15, 0.2) is 40.9 Å². The van der Waals surface area contributed by atoms with E-state index in [1.807, 2.05) is 18.2 Å². The number of aromatic nitrogens is 2. The summed E-state index contributed by atoms with van der Waals surface area (Å²) in [5, 5.41) is 0.472. The van der Waals surface area contributed by atoms with Crippen molar-refractivity contribution in [2.24, 2.45) is 0 Å². The first-order valence-electron chi connectivity index (χ1n) is 6.28. The lowest BCUT2D eigenvalue weighted by molar-refractivity contribution is 0.617. The Morgan fingerprint density at radius 1 is 1.19 bits per heavy atom. The SMILES string of the molecule is Fc1ccc(Cl)cc1-n1c(CCCl)nc2ccc(Br)cc21. The summed E-state index contributed by atoms with van der Waals surface area (Å²) < 4.78 is 16.9. The molecular formula is C15H10BrCl2FN2. The van der Waals surface area contributed by atoms with Crippen molar-refractivity contribution >= 4 is 50.2 Å². The molecule has 0 saturated heterocycles. The van der Waals surface area contributed by atoms with Crippen molar-refractivity contribution in [3.05, 3.63) is 57.5 Å². The van der Waals surface area contributed by atoms with Crippen molar-refractivity contribution in [1.82, 2.24) is 9.55 Å². The molecule has 21 heavy (non-hydrogen) atoms. The Hall–Kier alpha value is -1.10. The van der Waals surface area contributed by atoms with Crippen LogP contribution >= 0.6 is 39.1 Å². The molecule has 0 aliphatic carbocycles. The molecule has 1 aromatic heterocycles. The number of benzene rings is 2. The van der Waals surface area contributed by atoms with Crippen molar-refractivity contribution in [1.29, 1.82) is 0 Å². The first-order chi connectivity index (χ1) is 10.1. The first kappa shape index (κ1) is 14.8. The number of alkyl halides is 1. The maximum absolute atomic E-state index is 14.2. The Labute approximate surface area is 139 Å². The van der Waals surface area contributed by atoms with E-state index in [0.717, 1.165) is 15.5 Å². The molecule has 0 N–H and O–H groups in total. The quantitative estimate of drug-likeness (QED) is 0.553. The number of nitrogens with zero attached hydrogens (tertiary/aromatic N) is 2. The molecule has 2 aromatic carbocycles. The third-order valence-corrected chi connectivity index (χ3v) is 4.07. The van der Waals surface area contributed by atoms with E-state index >= 15 is 0 Å². The van der Waals surface area contributed by atoms with Gasteiger partial charge in [0, 0.05) is 21.8 Å². The summed E-state index contributed by atoms with van der Waals surface area (Å²) in [7, 11) is 0. The van der Waals surface area contributed by atoms with E-state index in [9.17, 15) is 4.39 Å². The van der Waals surface area contributed by atoms with Crippen molar-refractivity contribution in [3.8, 4) is 5.69 Å². The van der Waals surface area contributed by atoms with Gasteiger partial charge in [0.2, 0.25) is 0 Å². The topological polar surface area (TPSA) is 17.8 Å². The normalized spacial score (nSPS) is 11.2. The predicted octanol–water partition coefficient (Wildman–Crippen LogP) is 5.36. The second kappa shape index (κ2) is 5.95. The monoisotopic (exact) mass is 386 g/mol. The maximum Gasteiger partial charge on any atom is 0.147 e. The highest BCUT2D eigenvalue weighted by atomic mass is 79.9. The molecule has 0 radical (unpaired) electrons. The van der Waals surface area contributed by atoms with Gasteiger partial charge >= 0.3 is 0 Å². The average molecular weight is 388 g/mol. The van der Waals surface area contributed by atoms with Gasteiger partial charge in [-0.05, 0) is 36.4 Å². The minimum Gasteiger partial charge on any atom is -0.293 e. The molecule has 0 spiro atoms. The molecule has 6 heteroatoms. The number of hydrogen-bond acceptors (Lipinski definition) is 1. The van der Waals surface area contributed by atoms with E-state index in [0.29, 0.717) is 28.8 Å². The van der Waals surface area contributed by atoms with E-state index in [2.05, 4.69) is 20.9 Å². The van der Waals surface area contributed by atoms with Crippen LogP contribution in [0.5, 0.6) is 0 Å². The Kier molecular flexibility index (Phi) is 4.20. The number of imidazole rings is 1. The molecule has 3 aromatic rings. The fourth-order valence-electron chi connectivity index (χ4n) is 2.28. The summed E-state index contributed by atoms with van der Waals surface area (Å²) in [6.07, 6.45) is 0.541. The summed E-state index contributed by atoms with van der Waals surface area (Å²) in [6, 6.07) is 10.2. The van der Waals surface area contributed by atoms with E-state index in [4.69, 9.17) is 23.2 Å². The number of hydrogen-bond donors (Lipinski definition) is 0. The van der Waals surface area contributed by atoms with Crippen LogP contribution in [0.1, 0.15) is 5.82 Å².